The number of benzene rings is 8. The number of anilines is 6. The Balaban J connectivity index is 1.22. The number of hydrogen-bond acceptors (Lipinski definition) is 2. The van der Waals surface area contributed by atoms with Crippen molar-refractivity contribution in [3.05, 3.63) is 199 Å². The molecule has 0 bridgehead atoms. The Hall–Kier alpha value is -6.36. The van der Waals surface area contributed by atoms with Gasteiger partial charge in [-0.25, -0.2) is 0 Å². The predicted octanol–water partition coefficient (Wildman–Crippen LogP) is 10.7. The minimum absolute atomic E-state index is 0.0714. The highest BCUT2D eigenvalue weighted by molar-refractivity contribution is 7.22. The van der Waals surface area contributed by atoms with Crippen LogP contribution in [0.25, 0.3) is 11.1 Å². The first-order valence-corrected chi connectivity index (χ1v) is 24.5. The maximum atomic E-state index is 2.62. The Kier molecular flexibility index (Phi) is 8.93. The van der Waals surface area contributed by atoms with Crippen LogP contribution in [0.3, 0.4) is 0 Å². The van der Waals surface area contributed by atoms with Gasteiger partial charge in [-0.15, -0.1) is 0 Å². The van der Waals surface area contributed by atoms with Gasteiger partial charge in [-0.3, -0.25) is 0 Å². The molecular formula is C58H53BN2Si. The molecule has 3 aliphatic heterocycles. The summed E-state index contributed by atoms with van der Waals surface area (Å²) in [7, 11) is -2.73. The zero-order chi connectivity index (χ0) is 42.5. The fourth-order valence-electron chi connectivity index (χ4n) is 10.9. The molecule has 2 nitrogen and oxygen atoms in total. The van der Waals surface area contributed by atoms with E-state index in [0.717, 1.165) is 0 Å². The zero-order valence-corrected chi connectivity index (χ0v) is 37.9. The highest BCUT2D eigenvalue weighted by Gasteiger charge is 2.50. The molecule has 8 aromatic carbocycles. The number of para-hydroxylation sites is 1. The van der Waals surface area contributed by atoms with E-state index in [2.05, 4.69) is 240 Å². The maximum absolute atomic E-state index is 2.73. The Labute approximate surface area is 369 Å². The molecule has 302 valence electrons. The second kappa shape index (κ2) is 14.4. The fourth-order valence-corrected chi connectivity index (χ4v) is 16.1. The Bertz CT molecular complexity index is 2980. The van der Waals surface area contributed by atoms with Crippen molar-refractivity contribution in [1.29, 1.82) is 0 Å². The van der Waals surface area contributed by atoms with Crippen LogP contribution >= 0.6 is 0 Å². The van der Waals surface area contributed by atoms with E-state index in [1.54, 1.807) is 0 Å². The molecule has 0 aromatic heterocycles. The molecule has 11 rings (SSSR count). The van der Waals surface area contributed by atoms with Crippen molar-refractivity contribution in [2.45, 2.75) is 65.7 Å². The van der Waals surface area contributed by atoms with E-state index in [1.165, 1.54) is 99.1 Å². The van der Waals surface area contributed by atoms with Gasteiger partial charge in [0.05, 0.1) is 0 Å². The lowest BCUT2D eigenvalue weighted by molar-refractivity contribution is 0.590. The van der Waals surface area contributed by atoms with Crippen LogP contribution in [0.2, 0.25) is 0 Å². The number of rotatable bonds is 6. The van der Waals surface area contributed by atoms with Crippen LogP contribution in [-0.4, -0.2) is 14.8 Å². The van der Waals surface area contributed by atoms with Crippen LogP contribution in [0.15, 0.2) is 182 Å². The summed E-state index contributed by atoms with van der Waals surface area (Å²) in [4.78, 5) is 5.19. The molecule has 0 saturated heterocycles. The Morgan fingerprint density at radius 2 is 0.968 bits per heavy atom. The Morgan fingerprint density at radius 1 is 0.435 bits per heavy atom. The first-order valence-electron chi connectivity index (χ1n) is 22.5. The Morgan fingerprint density at radius 3 is 1.61 bits per heavy atom. The first kappa shape index (κ1) is 38.6. The highest BCUT2D eigenvalue weighted by atomic mass is 28.3. The zero-order valence-electron chi connectivity index (χ0n) is 36.9. The lowest BCUT2D eigenvalue weighted by Crippen LogP contribution is -2.72. The second-order valence-electron chi connectivity index (χ2n) is 19.3. The highest BCUT2D eigenvalue weighted by Crippen LogP contribution is 2.47. The number of hydrogen-bond donors (Lipinski definition) is 0. The summed E-state index contributed by atoms with van der Waals surface area (Å²) in [5.74, 6) is 0.871. The molecule has 0 fully saturated rings. The summed E-state index contributed by atoms with van der Waals surface area (Å²) in [5.41, 5.74) is 18.2. The van der Waals surface area contributed by atoms with Crippen molar-refractivity contribution in [3.8, 4) is 11.1 Å². The molecule has 0 spiro atoms. The molecule has 4 heteroatoms. The van der Waals surface area contributed by atoms with Crippen LogP contribution in [0, 0.1) is 0 Å². The second-order valence-corrected chi connectivity index (χ2v) is 23.0. The largest absolute Gasteiger partial charge is 0.311 e. The van der Waals surface area contributed by atoms with E-state index in [9.17, 15) is 0 Å². The van der Waals surface area contributed by atoms with Crippen molar-refractivity contribution in [2.75, 3.05) is 9.80 Å². The predicted molar refractivity (Wildman–Crippen MR) is 270 cm³/mol. The van der Waals surface area contributed by atoms with E-state index in [1.807, 2.05) is 0 Å². The quantitative estimate of drug-likeness (QED) is 0.154. The third-order valence-electron chi connectivity index (χ3n) is 14.0. The lowest BCUT2D eigenvalue weighted by Gasteiger charge is -2.45. The normalized spacial score (nSPS) is 14.4. The molecular weight excluding hydrogens is 764 g/mol. The third-order valence-corrected chi connectivity index (χ3v) is 18.9. The van der Waals surface area contributed by atoms with Crippen LogP contribution in [-0.2, 0) is 5.41 Å². The van der Waals surface area contributed by atoms with Crippen LogP contribution in [0.4, 0.5) is 34.1 Å². The van der Waals surface area contributed by atoms with Gasteiger partial charge in [-0.2, -0.15) is 0 Å². The SMILES string of the molecule is CC(C)c1ccc(N2c3ccc(C(C)C)cc3B3c4ccccc4N(c4ccc5c(c4)[Si](c4ccccc4)(c4ccccc4)c4ccccc4-5)c4cc(C(C)(C)C)cc2c43)cc1. The van der Waals surface area contributed by atoms with Crippen molar-refractivity contribution in [3.63, 3.8) is 0 Å². The molecule has 0 radical (unpaired) electrons. The van der Waals surface area contributed by atoms with Gasteiger partial charge in [0.15, 0.2) is 8.07 Å². The van der Waals surface area contributed by atoms with E-state index in [0.29, 0.717) is 11.8 Å². The molecule has 0 atom stereocenters. The summed E-state index contributed by atoms with van der Waals surface area (Å²) in [6.07, 6.45) is 0. The molecule has 3 heterocycles. The molecule has 3 aliphatic rings. The van der Waals surface area contributed by atoms with E-state index >= 15 is 0 Å². The molecule has 0 amide bonds. The minimum Gasteiger partial charge on any atom is -0.311 e. The van der Waals surface area contributed by atoms with Gasteiger partial charge in [0.25, 0.3) is 6.71 Å². The number of fused-ring (bicyclic) bond motifs is 7. The van der Waals surface area contributed by atoms with Crippen LogP contribution in [0.1, 0.15) is 77.0 Å². The van der Waals surface area contributed by atoms with Gasteiger partial charge < -0.3 is 9.80 Å². The van der Waals surface area contributed by atoms with Gasteiger partial charge in [0.1, 0.15) is 0 Å². The molecule has 62 heavy (non-hydrogen) atoms. The molecule has 0 aliphatic carbocycles. The van der Waals surface area contributed by atoms with Crippen molar-refractivity contribution in [2.24, 2.45) is 0 Å². The summed E-state index contributed by atoms with van der Waals surface area (Å²) in [6, 6.07) is 70.3. The maximum Gasteiger partial charge on any atom is 0.252 e. The smallest absolute Gasteiger partial charge is 0.252 e. The van der Waals surface area contributed by atoms with Gasteiger partial charge in [0, 0.05) is 34.1 Å². The van der Waals surface area contributed by atoms with E-state index in [4.69, 9.17) is 0 Å². The topological polar surface area (TPSA) is 6.48 Å². The fraction of sp³-hybridized carbons (Fsp3) is 0.172. The molecule has 0 saturated carbocycles. The third kappa shape index (κ3) is 5.69. The molecule has 0 N–H and O–H groups in total. The van der Waals surface area contributed by atoms with Crippen LogP contribution in [0.5, 0.6) is 0 Å². The van der Waals surface area contributed by atoms with Crippen molar-refractivity contribution >= 4 is 86.0 Å². The standard InChI is InChI=1S/C58H53BN2Si/c1-38(2)40-26-29-43(30-27-40)60-52-33-28-41(39(3)4)34-50(52)59-49-23-15-16-24-51(49)61(54-36-42(58(5,6)7)35-53(60)57(54)59)44-31-32-48-47-22-14-17-25-55(47)62(56(48)37-44,45-18-10-8-11-19-45)46-20-12-9-13-21-46/h8-39H,1-7H3. The average molecular weight is 817 g/mol. The minimum atomic E-state index is -2.73. The average Bonchev–Trinajstić information content (AvgIpc) is 3.59. The first-order chi connectivity index (χ1) is 30.1. The summed E-state index contributed by atoms with van der Waals surface area (Å²) in [6.45, 7) is 16.4. The summed E-state index contributed by atoms with van der Waals surface area (Å²) < 4.78 is 0. The van der Waals surface area contributed by atoms with Gasteiger partial charge in [0.2, 0.25) is 0 Å². The summed E-state index contributed by atoms with van der Waals surface area (Å²) >= 11 is 0. The monoisotopic (exact) mass is 816 g/mol. The molecule has 8 aromatic rings. The summed E-state index contributed by atoms with van der Waals surface area (Å²) in [5, 5.41) is 5.75. The van der Waals surface area contributed by atoms with Gasteiger partial charge in [-0.05, 0) is 131 Å². The van der Waals surface area contributed by atoms with Crippen molar-refractivity contribution in [1.82, 2.24) is 0 Å². The molecule has 0 unspecified atom stereocenters. The number of nitrogens with zero attached hydrogens (tertiary/aromatic N) is 2. The van der Waals surface area contributed by atoms with Gasteiger partial charge >= 0.3 is 0 Å². The van der Waals surface area contributed by atoms with E-state index < -0.39 is 8.07 Å². The van der Waals surface area contributed by atoms with Crippen LogP contribution < -0.4 is 46.9 Å². The van der Waals surface area contributed by atoms with Crippen molar-refractivity contribution < 1.29 is 0 Å². The lowest BCUT2D eigenvalue weighted by atomic mass is 9.33. The van der Waals surface area contributed by atoms with E-state index in [-0.39, 0.29) is 12.1 Å². The van der Waals surface area contributed by atoms with Gasteiger partial charge in [-0.1, -0.05) is 182 Å².